The molecule has 0 N–H and O–H groups in total. The second-order valence-corrected chi connectivity index (χ2v) is 4.92. The Morgan fingerprint density at radius 3 is 2.47 bits per heavy atom. The fraction of sp³-hybridized carbons (Fsp3) is 0.267. The molecular weight excluding hydrogens is 228 g/mol. The van der Waals surface area contributed by atoms with Gasteiger partial charge >= 0.3 is 0 Å². The number of hydrogen-bond acceptors (Lipinski definition) is 2. The van der Waals surface area contributed by atoms with Gasteiger partial charge in [-0.25, -0.2) is 0 Å². The quantitative estimate of drug-likeness (QED) is 0.716. The second kappa shape index (κ2) is 5.78. The molecule has 0 unspecified atom stereocenters. The van der Waals surface area contributed by atoms with Crippen LogP contribution in [-0.2, 0) is 6.42 Å². The summed E-state index contributed by atoms with van der Waals surface area (Å²) in [6.07, 6.45) is 3.51. The minimum absolute atomic E-state index is 0.119. The van der Waals surface area contributed by atoms with Gasteiger partial charge in [-0.3, -0.25) is 4.79 Å². The smallest absolute Gasteiger partial charge is 0.193 e. The Labute approximate surface area is 106 Å². The maximum absolute atomic E-state index is 12.0. The normalized spacial score (nSPS) is 10.4. The maximum atomic E-state index is 12.0. The summed E-state index contributed by atoms with van der Waals surface area (Å²) in [5, 5.41) is 3.83. The lowest BCUT2D eigenvalue weighted by Gasteiger charge is -2.02. The summed E-state index contributed by atoms with van der Waals surface area (Å²) in [6.45, 7) is 2.19. The Hall–Kier alpha value is -1.41. The van der Waals surface area contributed by atoms with Crippen LogP contribution in [0.15, 0.2) is 41.1 Å². The van der Waals surface area contributed by atoms with E-state index < -0.39 is 0 Å². The van der Waals surface area contributed by atoms with E-state index >= 15 is 0 Å². The molecule has 1 heterocycles. The molecule has 1 nitrogen and oxygen atoms in total. The van der Waals surface area contributed by atoms with Crippen LogP contribution < -0.4 is 0 Å². The molecule has 0 spiro atoms. The van der Waals surface area contributed by atoms with E-state index in [0.717, 1.165) is 17.5 Å². The number of benzene rings is 1. The van der Waals surface area contributed by atoms with Crippen molar-refractivity contribution in [3.05, 3.63) is 57.8 Å². The molecule has 1 aromatic heterocycles. The lowest BCUT2D eigenvalue weighted by atomic mass is 10.0. The van der Waals surface area contributed by atoms with Crippen LogP contribution in [0, 0.1) is 0 Å². The van der Waals surface area contributed by atoms with Gasteiger partial charge in [-0.05, 0) is 29.9 Å². The van der Waals surface area contributed by atoms with Crippen LogP contribution in [0.1, 0.15) is 41.3 Å². The number of carbonyl (C=O) groups is 1. The highest BCUT2D eigenvalue weighted by Gasteiger charge is 2.08. The van der Waals surface area contributed by atoms with Crippen LogP contribution in [0.4, 0.5) is 0 Å². The number of rotatable bonds is 5. The molecule has 0 aliphatic rings. The maximum Gasteiger partial charge on any atom is 0.193 e. The highest BCUT2D eigenvalue weighted by atomic mass is 32.1. The van der Waals surface area contributed by atoms with E-state index in [-0.39, 0.29) is 5.78 Å². The van der Waals surface area contributed by atoms with Crippen LogP contribution in [0.2, 0.25) is 0 Å². The average Bonchev–Trinajstić information content (AvgIpc) is 2.90. The standard InChI is InChI=1S/C15H16OS/c1-2-3-4-12-5-7-13(8-6-12)15(16)14-9-10-17-11-14/h5-11H,2-4H2,1H3. The number of aryl methyl sites for hydroxylation is 1. The summed E-state index contributed by atoms with van der Waals surface area (Å²) >= 11 is 1.56. The lowest BCUT2D eigenvalue weighted by molar-refractivity contribution is 0.103. The molecule has 0 aliphatic carbocycles. The van der Waals surface area contributed by atoms with E-state index in [9.17, 15) is 4.79 Å². The van der Waals surface area contributed by atoms with Gasteiger partial charge in [0.25, 0.3) is 0 Å². The number of ketones is 1. The van der Waals surface area contributed by atoms with E-state index in [1.54, 1.807) is 11.3 Å². The topological polar surface area (TPSA) is 17.1 Å². The molecule has 0 fully saturated rings. The highest BCUT2D eigenvalue weighted by molar-refractivity contribution is 7.08. The first-order chi connectivity index (χ1) is 8.31. The molecule has 0 radical (unpaired) electrons. The zero-order chi connectivity index (χ0) is 12.1. The highest BCUT2D eigenvalue weighted by Crippen LogP contribution is 2.14. The Morgan fingerprint density at radius 2 is 1.88 bits per heavy atom. The third-order valence-corrected chi connectivity index (χ3v) is 3.50. The summed E-state index contributed by atoms with van der Waals surface area (Å²) in [5.74, 6) is 0.119. The van der Waals surface area contributed by atoms with E-state index in [0.29, 0.717) is 0 Å². The van der Waals surface area contributed by atoms with Crippen LogP contribution in [0.5, 0.6) is 0 Å². The Morgan fingerprint density at radius 1 is 1.12 bits per heavy atom. The van der Waals surface area contributed by atoms with Crippen molar-refractivity contribution in [2.75, 3.05) is 0 Å². The van der Waals surface area contributed by atoms with Crippen molar-refractivity contribution in [1.82, 2.24) is 0 Å². The molecular formula is C15H16OS. The van der Waals surface area contributed by atoms with Crippen LogP contribution in [0.25, 0.3) is 0 Å². The molecule has 0 aliphatic heterocycles. The molecule has 0 amide bonds. The van der Waals surface area contributed by atoms with Crippen LogP contribution in [0.3, 0.4) is 0 Å². The van der Waals surface area contributed by atoms with E-state index in [1.807, 2.05) is 29.0 Å². The summed E-state index contributed by atoms with van der Waals surface area (Å²) in [5.41, 5.74) is 2.88. The molecule has 2 heteroatoms. The first-order valence-electron chi connectivity index (χ1n) is 5.97. The number of carbonyl (C=O) groups excluding carboxylic acids is 1. The average molecular weight is 244 g/mol. The van der Waals surface area contributed by atoms with E-state index in [1.165, 1.54) is 18.4 Å². The molecule has 0 saturated heterocycles. The summed E-state index contributed by atoms with van der Waals surface area (Å²) in [7, 11) is 0. The van der Waals surface area contributed by atoms with E-state index in [4.69, 9.17) is 0 Å². The van der Waals surface area contributed by atoms with Gasteiger partial charge in [0.15, 0.2) is 5.78 Å². The number of hydrogen-bond donors (Lipinski definition) is 0. The fourth-order valence-corrected chi connectivity index (χ4v) is 2.40. The SMILES string of the molecule is CCCCc1ccc(C(=O)c2ccsc2)cc1. The van der Waals surface area contributed by atoms with Crippen molar-refractivity contribution in [3.63, 3.8) is 0 Å². The first-order valence-corrected chi connectivity index (χ1v) is 6.91. The van der Waals surface area contributed by atoms with Crippen molar-refractivity contribution in [2.45, 2.75) is 26.2 Å². The molecule has 0 bridgehead atoms. The monoisotopic (exact) mass is 244 g/mol. The van der Waals surface area contributed by atoms with Crippen LogP contribution >= 0.6 is 11.3 Å². The lowest BCUT2D eigenvalue weighted by Crippen LogP contribution is -1.99. The molecule has 1 aromatic carbocycles. The largest absolute Gasteiger partial charge is 0.289 e. The van der Waals surface area contributed by atoms with Gasteiger partial charge in [0.1, 0.15) is 0 Å². The Balaban J connectivity index is 2.10. The van der Waals surface area contributed by atoms with Crippen molar-refractivity contribution < 1.29 is 4.79 Å². The zero-order valence-corrected chi connectivity index (χ0v) is 10.8. The van der Waals surface area contributed by atoms with Crippen molar-refractivity contribution >= 4 is 17.1 Å². The summed E-state index contributed by atoms with van der Waals surface area (Å²) < 4.78 is 0. The Kier molecular flexibility index (Phi) is 4.10. The van der Waals surface area contributed by atoms with Crippen molar-refractivity contribution in [1.29, 1.82) is 0 Å². The molecule has 2 aromatic rings. The molecule has 17 heavy (non-hydrogen) atoms. The van der Waals surface area contributed by atoms with Gasteiger partial charge in [0.2, 0.25) is 0 Å². The van der Waals surface area contributed by atoms with Gasteiger partial charge in [0, 0.05) is 16.5 Å². The minimum Gasteiger partial charge on any atom is -0.289 e. The Bertz CT molecular complexity index is 468. The van der Waals surface area contributed by atoms with Crippen molar-refractivity contribution in [2.24, 2.45) is 0 Å². The predicted octanol–water partition coefficient (Wildman–Crippen LogP) is 4.32. The van der Waals surface area contributed by atoms with Crippen molar-refractivity contribution in [3.8, 4) is 0 Å². The van der Waals surface area contributed by atoms with Gasteiger partial charge in [-0.1, -0.05) is 37.6 Å². The zero-order valence-electron chi connectivity index (χ0n) is 9.98. The summed E-state index contributed by atoms with van der Waals surface area (Å²) in [4.78, 5) is 12.0. The molecule has 0 atom stereocenters. The first kappa shape index (κ1) is 12.1. The van der Waals surface area contributed by atoms with Gasteiger partial charge in [-0.15, -0.1) is 0 Å². The molecule has 2 rings (SSSR count). The summed E-state index contributed by atoms with van der Waals surface area (Å²) in [6, 6.07) is 9.87. The van der Waals surface area contributed by atoms with Crippen LogP contribution in [-0.4, -0.2) is 5.78 Å². The third-order valence-electron chi connectivity index (χ3n) is 2.82. The van der Waals surface area contributed by atoms with Gasteiger partial charge in [-0.2, -0.15) is 11.3 Å². The fourth-order valence-electron chi connectivity index (χ4n) is 1.76. The van der Waals surface area contributed by atoms with E-state index in [2.05, 4.69) is 19.1 Å². The predicted molar refractivity (Wildman–Crippen MR) is 72.8 cm³/mol. The second-order valence-electron chi connectivity index (χ2n) is 4.14. The minimum atomic E-state index is 0.119. The third kappa shape index (κ3) is 3.04. The van der Waals surface area contributed by atoms with Gasteiger partial charge < -0.3 is 0 Å². The molecule has 0 saturated carbocycles. The number of thiophene rings is 1. The number of unbranched alkanes of at least 4 members (excludes halogenated alkanes) is 1. The van der Waals surface area contributed by atoms with Gasteiger partial charge in [0.05, 0.1) is 0 Å². The molecule has 88 valence electrons.